The summed E-state index contributed by atoms with van der Waals surface area (Å²) < 4.78 is 18.5. The molecule has 0 unspecified atom stereocenters. The van der Waals surface area contributed by atoms with Gasteiger partial charge in [0.2, 0.25) is 5.88 Å². The second kappa shape index (κ2) is 6.23. The highest BCUT2D eigenvalue weighted by Crippen LogP contribution is 2.23. The number of aromatic nitrogens is 1. The summed E-state index contributed by atoms with van der Waals surface area (Å²) in [5, 5.41) is 0. The van der Waals surface area contributed by atoms with Crippen LogP contribution < -0.4 is 15.4 Å². The number of hydrogen-bond acceptors (Lipinski definition) is 4. The van der Waals surface area contributed by atoms with Gasteiger partial charge < -0.3 is 15.4 Å². The van der Waals surface area contributed by atoms with E-state index in [4.69, 9.17) is 10.5 Å². The monoisotopic (exact) mass is 275 g/mol. The molecule has 106 valence electrons. The van der Waals surface area contributed by atoms with E-state index in [1.807, 2.05) is 31.0 Å². The van der Waals surface area contributed by atoms with Gasteiger partial charge in [-0.1, -0.05) is 12.1 Å². The number of hydrogen-bond donors (Lipinski definition) is 1. The molecule has 0 amide bonds. The van der Waals surface area contributed by atoms with Gasteiger partial charge in [0, 0.05) is 13.6 Å². The van der Waals surface area contributed by atoms with Gasteiger partial charge in [-0.3, -0.25) is 0 Å². The minimum absolute atomic E-state index is 0.240. The van der Waals surface area contributed by atoms with E-state index in [1.165, 1.54) is 12.1 Å². The van der Waals surface area contributed by atoms with Crippen LogP contribution in [0.5, 0.6) is 5.88 Å². The third-order valence-corrected chi connectivity index (χ3v) is 2.86. The molecule has 0 saturated carbocycles. The molecule has 1 aromatic carbocycles. The van der Waals surface area contributed by atoms with Gasteiger partial charge in [-0.15, -0.1) is 0 Å². The van der Waals surface area contributed by atoms with Gasteiger partial charge in [0.25, 0.3) is 0 Å². The zero-order valence-electron chi connectivity index (χ0n) is 11.6. The quantitative estimate of drug-likeness (QED) is 0.911. The van der Waals surface area contributed by atoms with E-state index in [-0.39, 0.29) is 5.82 Å². The summed E-state index contributed by atoms with van der Waals surface area (Å²) >= 11 is 0. The maximum Gasteiger partial charge on any atom is 0.239 e. The van der Waals surface area contributed by atoms with Crippen molar-refractivity contribution in [3.63, 3.8) is 0 Å². The first-order valence-corrected chi connectivity index (χ1v) is 6.45. The molecule has 5 heteroatoms. The lowest BCUT2D eigenvalue weighted by atomic mass is 10.2. The Morgan fingerprint density at radius 3 is 2.80 bits per heavy atom. The maximum atomic E-state index is 13.2. The molecule has 1 aromatic heterocycles. The Labute approximate surface area is 118 Å². The van der Waals surface area contributed by atoms with Gasteiger partial charge in [0.05, 0.1) is 12.3 Å². The lowest BCUT2D eigenvalue weighted by molar-refractivity contribution is 0.329. The Morgan fingerprint density at radius 2 is 2.10 bits per heavy atom. The number of pyridine rings is 1. The van der Waals surface area contributed by atoms with Crippen molar-refractivity contribution in [3.05, 3.63) is 47.8 Å². The molecule has 1 heterocycles. The summed E-state index contributed by atoms with van der Waals surface area (Å²) in [6.45, 7) is 2.94. The van der Waals surface area contributed by atoms with E-state index in [9.17, 15) is 4.39 Å². The van der Waals surface area contributed by atoms with Gasteiger partial charge in [0.1, 0.15) is 11.6 Å². The Bertz CT molecular complexity index is 589. The van der Waals surface area contributed by atoms with Crippen molar-refractivity contribution in [2.45, 2.75) is 13.5 Å². The van der Waals surface area contributed by atoms with Gasteiger partial charge in [-0.05, 0) is 36.8 Å². The second-order valence-corrected chi connectivity index (χ2v) is 4.48. The molecule has 0 aliphatic heterocycles. The summed E-state index contributed by atoms with van der Waals surface area (Å²) in [5.74, 6) is 0.916. The van der Waals surface area contributed by atoms with Crippen LogP contribution in [0.2, 0.25) is 0 Å². The molecule has 0 spiro atoms. The topological polar surface area (TPSA) is 51.4 Å². The Balaban J connectivity index is 2.16. The minimum Gasteiger partial charge on any atom is -0.476 e. The molecule has 2 rings (SSSR count). The normalized spacial score (nSPS) is 10.3. The van der Waals surface area contributed by atoms with Crippen LogP contribution in [0.15, 0.2) is 36.4 Å². The molecule has 0 saturated heterocycles. The summed E-state index contributed by atoms with van der Waals surface area (Å²) in [7, 11) is 1.89. The smallest absolute Gasteiger partial charge is 0.239 e. The second-order valence-electron chi connectivity index (χ2n) is 4.48. The Kier molecular flexibility index (Phi) is 4.40. The summed E-state index contributed by atoms with van der Waals surface area (Å²) in [6, 6.07) is 10.1. The Hall–Kier alpha value is -2.30. The number of ether oxygens (including phenoxy) is 1. The first-order chi connectivity index (χ1) is 9.60. The number of nitrogen functional groups attached to an aromatic ring is 1. The molecule has 0 aliphatic rings. The molecule has 0 atom stereocenters. The molecule has 0 bridgehead atoms. The van der Waals surface area contributed by atoms with Crippen LogP contribution in [0.3, 0.4) is 0 Å². The zero-order chi connectivity index (χ0) is 14.5. The number of rotatable bonds is 5. The highest BCUT2D eigenvalue weighted by atomic mass is 19.1. The van der Waals surface area contributed by atoms with E-state index >= 15 is 0 Å². The Morgan fingerprint density at radius 1 is 1.30 bits per heavy atom. The lowest BCUT2D eigenvalue weighted by Crippen LogP contribution is -2.18. The average Bonchev–Trinajstić information content (AvgIpc) is 2.41. The molecule has 0 fully saturated rings. The van der Waals surface area contributed by atoms with E-state index in [1.54, 1.807) is 12.1 Å². The fourth-order valence-electron chi connectivity index (χ4n) is 1.90. The fourth-order valence-corrected chi connectivity index (χ4v) is 1.90. The van der Waals surface area contributed by atoms with Crippen molar-refractivity contribution in [1.29, 1.82) is 0 Å². The molecular weight excluding hydrogens is 257 g/mol. The third kappa shape index (κ3) is 3.38. The van der Waals surface area contributed by atoms with Crippen LogP contribution in [0, 0.1) is 5.82 Å². The summed E-state index contributed by atoms with van der Waals surface area (Å²) in [6.07, 6.45) is 0. The van der Waals surface area contributed by atoms with E-state index in [2.05, 4.69) is 4.98 Å². The summed E-state index contributed by atoms with van der Waals surface area (Å²) in [4.78, 5) is 6.28. The molecule has 2 N–H and O–H groups in total. The minimum atomic E-state index is -0.240. The molecule has 2 aromatic rings. The van der Waals surface area contributed by atoms with Crippen LogP contribution in [0.4, 0.5) is 15.9 Å². The van der Waals surface area contributed by atoms with Gasteiger partial charge >= 0.3 is 0 Å². The van der Waals surface area contributed by atoms with E-state index in [0.717, 1.165) is 11.4 Å². The lowest BCUT2D eigenvalue weighted by Gasteiger charge is -2.19. The molecular formula is C15H18FN3O. The SMILES string of the molecule is CCOc1nc(N(C)Cc2cccc(F)c2)ccc1N. The van der Waals surface area contributed by atoms with Gasteiger partial charge in [-0.25, -0.2) is 4.39 Å². The number of anilines is 2. The molecule has 4 nitrogen and oxygen atoms in total. The number of nitrogens with zero attached hydrogens (tertiary/aromatic N) is 2. The standard InChI is InChI=1S/C15H18FN3O/c1-3-20-15-13(17)7-8-14(18-15)19(2)10-11-5-4-6-12(16)9-11/h4-9H,3,10,17H2,1-2H3. The maximum absolute atomic E-state index is 13.2. The number of halogens is 1. The van der Waals surface area contributed by atoms with Crippen molar-refractivity contribution in [2.24, 2.45) is 0 Å². The van der Waals surface area contributed by atoms with Crippen molar-refractivity contribution in [2.75, 3.05) is 24.3 Å². The van der Waals surface area contributed by atoms with Crippen molar-refractivity contribution >= 4 is 11.5 Å². The predicted molar refractivity (Wildman–Crippen MR) is 78.3 cm³/mol. The fraction of sp³-hybridized carbons (Fsp3) is 0.267. The van der Waals surface area contributed by atoms with E-state index < -0.39 is 0 Å². The third-order valence-electron chi connectivity index (χ3n) is 2.86. The molecule has 20 heavy (non-hydrogen) atoms. The van der Waals surface area contributed by atoms with Crippen LogP contribution in [-0.2, 0) is 6.54 Å². The number of benzene rings is 1. The summed E-state index contributed by atoms with van der Waals surface area (Å²) in [5.41, 5.74) is 7.18. The zero-order valence-corrected chi connectivity index (χ0v) is 11.6. The molecule has 0 radical (unpaired) electrons. The average molecular weight is 275 g/mol. The first-order valence-electron chi connectivity index (χ1n) is 6.45. The van der Waals surface area contributed by atoms with Crippen LogP contribution >= 0.6 is 0 Å². The van der Waals surface area contributed by atoms with E-state index in [0.29, 0.717) is 24.7 Å². The highest BCUT2D eigenvalue weighted by molar-refractivity contribution is 5.54. The van der Waals surface area contributed by atoms with Crippen molar-refractivity contribution in [1.82, 2.24) is 4.98 Å². The van der Waals surface area contributed by atoms with Crippen molar-refractivity contribution in [3.8, 4) is 5.88 Å². The van der Waals surface area contributed by atoms with Crippen molar-refractivity contribution < 1.29 is 9.13 Å². The van der Waals surface area contributed by atoms with Crippen LogP contribution in [0.25, 0.3) is 0 Å². The van der Waals surface area contributed by atoms with Crippen LogP contribution in [-0.4, -0.2) is 18.6 Å². The van der Waals surface area contributed by atoms with Crippen LogP contribution in [0.1, 0.15) is 12.5 Å². The van der Waals surface area contributed by atoms with Gasteiger partial charge in [-0.2, -0.15) is 4.98 Å². The number of nitrogens with two attached hydrogens (primary N) is 1. The molecule has 0 aliphatic carbocycles. The predicted octanol–water partition coefficient (Wildman–Crippen LogP) is 2.84. The van der Waals surface area contributed by atoms with Gasteiger partial charge in [0.15, 0.2) is 0 Å². The first kappa shape index (κ1) is 14.1. The highest BCUT2D eigenvalue weighted by Gasteiger charge is 2.08. The largest absolute Gasteiger partial charge is 0.476 e.